The van der Waals surface area contributed by atoms with E-state index >= 15 is 0 Å². The summed E-state index contributed by atoms with van der Waals surface area (Å²) in [6, 6.07) is 1.98. The van der Waals surface area contributed by atoms with Gasteiger partial charge in [0, 0.05) is 31.3 Å². The zero-order valence-corrected chi connectivity index (χ0v) is 13.8. The molecule has 2 aromatic rings. The third-order valence-corrected chi connectivity index (χ3v) is 4.78. The lowest BCUT2D eigenvalue weighted by atomic mass is 9.92. The lowest BCUT2D eigenvalue weighted by Gasteiger charge is -2.40. The average Bonchev–Trinajstić information content (AvgIpc) is 2.55. The molecular formula is C18H21N3O2. The molecule has 0 radical (unpaired) electrons. The Morgan fingerprint density at radius 1 is 1.43 bits per heavy atom. The van der Waals surface area contributed by atoms with Gasteiger partial charge in [0.15, 0.2) is 0 Å². The molecule has 1 saturated heterocycles. The number of aryl methyl sites for hydroxylation is 1. The fourth-order valence-corrected chi connectivity index (χ4v) is 3.15. The van der Waals surface area contributed by atoms with Crippen LogP contribution < -0.4 is 10.5 Å². The first-order valence-corrected chi connectivity index (χ1v) is 7.77. The molecule has 0 aromatic carbocycles. The van der Waals surface area contributed by atoms with Gasteiger partial charge >= 0.3 is 0 Å². The normalized spacial score (nSPS) is 17.2. The molecule has 0 amide bonds. The van der Waals surface area contributed by atoms with Crippen LogP contribution in [-0.2, 0) is 4.74 Å². The van der Waals surface area contributed by atoms with Crippen molar-refractivity contribution in [1.82, 2.24) is 9.97 Å². The van der Waals surface area contributed by atoms with Crippen molar-refractivity contribution in [2.75, 3.05) is 25.1 Å². The van der Waals surface area contributed by atoms with E-state index in [0.717, 1.165) is 48.2 Å². The van der Waals surface area contributed by atoms with Crippen molar-refractivity contribution >= 4 is 16.6 Å². The number of fused-ring (bicyclic) bond motifs is 1. The highest BCUT2D eigenvalue weighted by atomic mass is 16.5. The second-order valence-corrected chi connectivity index (χ2v) is 6.33. The molecule has 0 aliphatic carbocycles. The van der Waals surface area contributed by atoms with Crippen molar-refractivity contribution in [3.63, 3.8) is 0 Å². The highest BCUT2D eigenvalue weighted by Crippen LogP contribution is 2.33. The third kappa shape index (κ3) is 2.71. The second kappa shape index (κ2) is 5.71. The predicted octanol–water partition coefficient (Wildman–Crippen LogP) is 2.22. The molecule has 2 aromatic heterocycles. The number of H-pyrrole nitrogens is 1. The second-order valence-electron chi connectivity index (χ2n) is 6.33. The number of pyridine rings is 2. The molecule has 1 N–H and O–H groups in total. The first-order chi connectivity index (χ1) is 11.0. The number of hydrogen-bond donors (Lipinski definition) is 1. The summed E-state index contributed by atoms with van der Waals surface area (Å²) in [7, 11) is 1.75. The van der Waals surface area contributed by atoms with Gasteiger partial charge in [0.2, 0.25) is 0 Å². The highest BCUT2D eigenvalue weighted by molar-refractivity contribution is 5.94. The van der Waals surface area contributed by atoms with Crippen LogP contribution >= 0.6 is 0 Å². The monoisotopic (exact) mass is 311 g/mol. The summed E-state index contributed by atoms with van der Waals surface area (Å²) in [5.74, 6) is 2.57. The molecule has 1 fully saturated rings. The van der Waals surface area contributed by atoms with Gasteiger partial charge in [-0.05, 0) is 32.8 Å². The Kier molecular flexibility index (Phi) is 3.87. The average molecular weight is 311 g/mol. The Morgan fingerprint density at radius 2 is 2.13 bits per heavy atom. The number of ether oxygens (including phenoxy) is 1. The number of nitrogens with zero attached hydrogens (tertiary/aromatic N) is 2. The van der Waals surface area contributed by atoms with Gasteiger partial charge in [-0.15, -0.1) is 6.42 Å². The first-order valence-electron chi connectivity index (χ1n) is 7.77. The molecular weight excluding hydrogens is 290 g/mol. The van der Waals surface area contributed by atoms with Crippen molar-refractivity contribution < 1.29 is 4.74 Å². The van der Waals surface area contributed by atoms with Crippen LogP contribution in [-0.4, -0.2) is 35.8 Å². The van der Waals surface area contributed by atoms with Crippen molar-refractivity contribution in [2.45, 2.75) is 32.3 Å². The minimum Gasteiger partial charge on any atom is -0.378 e. The summed E-state index contributed by atoms with van der Waals surface area (Å²) in [6.45, 7) is 5.66. The van der Waals surface area contributed by atoms with Gasteiger partial charge in [-0.25, -0.2) is 0 Å². The van der Waals surface area contributed by atoms with Crippen LogP contribution in [0.25, 0.3) is 10.9 Å². The molecule has 5 nitrogen and oxygen atoms in total. The molecule has 120 valence electrons. The van der Waals surface area contributed by atoms with Gasteiger partial charge in [0.05, 0.1) is 23.0 Å². The summed E-state index contributed by atoms with van der Waals surface area (Å²) in [6.07, 6.45) is 9.11. The van der Waals surface area contributed by atoms with Gasteiger partial charge in [-0.3, -0.25) is 9.78 Å². The molecule has 1 aliphatic rings. The number of piperidine rings is 1. The number of terminal acetylenes is 1. The van der Waals surface area contributed by atoms with Crippen LogP contribution in [0.3, 0.4) is 0 Å². The lowest BCUT2D eigenvalue weighted by Crippen LogP contribution is -2.44. The Hall–Kier alpha value is -2.32. The topological polar surface area (TPSA) is 58.2 Å². The Morgan fingerprint density at radius 3 is 2.74 bits per heavy atom. The van der Waals surface area contributed by atoms with Crippen LogP contribution in [0.2, 0.25) is 0 Å². The number of methoxy groups -OCH3 is 1. The molecule has 0 spiro atoms. The van der Waals surface area contributed by atoms with Crippen LogP contribution in [0.1, 0.15) is 31.0 Å². The molecule has 0 bridgehead atoms. The summed E-state index contributed by atoms with van der Waals surface area (Å²) >= 11 is 0. The standard InChI is InChI=1S/C18H21N3O2/c1-5-13-16(21-8-6-18(3,23-4)7-9-21)14-10-12(2)19-11-15(14)20-17(13)22/h1,10-11H,6-9H2,2-4H3,(H,20,22). The summed E-state index contributed by atoms with van der Waals surface area (Å²) in [5.41, 5.74) is 2.50. The van der Waals surface area contributed by atoms with E-state index < -0.39 is 0 Å². The van der Waals surface area contributed by atoms with E-state index in [-0.39, 0.29) is 11.2 Å². The van der Waals surface area contributed by atoms with Crippen molar-refractivity contribution in [1.29, 1.82) is 0 Å². The molecule has 1 aliphatic heterocycles. The summed E-state index contributed by atoms with van der Waals surface area (Å²) < 4.78 is 5.60. The van der Waals surface area contributed by atoms with Gasteiger partial charge in [-0.2, -0.15) is 0 Å². The minimum absolute atomic E-state index is 0.110. The van der Waals surface area contributed by atoms with E-state index in [2.05, 4.69) is 27.7 Å². The quantitative estimate of drug-likeness (QED) is 0.864. The van der Waals surface area contributed by atoms with Crippen LogP contribution in [0.15, 0.2) is 17.1 Å². The maximum absolute atomic E-state index is 12.3. The SMILES string of the molecule is C#Cc1c(N2CCC(C)(OC)CC2)c2cc(C)ncc2[nH]c1=O. The maximum Gasteiger partial charge on any atom is 0.266 e. The largest absolute Gasteiger partial charge is 0.378 e. The number of aromatic amines is 1. The van der Waals surface area contributed by atoms with E-state index in [4.69, 9.17) is 11.2 Å². The highest BCUT2D eigenvalue weighted by Gasteiger charge is 2.31. The Labute approximate surface area is 135 Å². The van der Waals surface area contributed by atoms with Crippen molar-refractivity contribution in [2.24, 2.45) is 0 Å². The van der Waals surface area contributed by atoms with Crippen LogP contribution in [0.4, 0.5) is 5.69 Å². The van der Waals surface area contributed by atoms with Crippen molar-refractivity contribution in [3.8, 4) is 12.3 Å². The third-order valence-electron chi connectivity index (χ3n) is 4.78. The lowest BCUT2D eigenvalue weighted by molar-refractivity contribution is -0.0132. The van der Waals surface area contributed by atoms with Crippen LogP contribution in [0, 0.1) is 19.3 Å². The zero-order valence-electron chi connectivity index (χ0n) is 13.8. The minimum atomic E-state index is -0.235. The van der Waals surface area contributed by atoms with Gasteiger partial charge in [-0.1, -0.05) is 5.92 Å². The fourth-order valence-electron chi connectivity index (χ4n) is 3.15. The molecule has 23 heavy (non-hydrogen) atoms. The van der Waals surface area contributed by atoms with Crippen molar-refractivity contribution in [3.05, 3.63) is 33.9 Å². The number of rotatable bonds is 2. The van der Waals surface area contributed by atoms with E-state index in [1.807, 2.05) is 13.0 Å². The number of nitrogens with one attached hydrogen (secondary N) is 1. The fraction of sp³-hybridized carbons (Fsp3) is 0.444. The zero-order chi connectivity index (χ0) is 16.6. The maximum atomic E-state index is 12.3. The van der Waals surface area contributed by atoms with Gasteiger partial charge in [0.25, 0.3) is 5.56 Å². The van der Waals surface area contributed by atoms with Crippen LogP contribution in [0.5, 0.6) is 0 Å². The van der Waals surface area contributed by atoms with E-state index in [0.29, 0.717) is 5.56 Å². The number of hydrogen-bond acceptors (Lipinski definition) is 4. The predicted molar refractivity (Wildman–Crippen MR) is 91.9 cm³/mol. The van der Waals surface area contributed by atoms with Gasteiger partial charge in [0.1, 0.15) is 5.56 Å². The smallest absolute Gasteiger partial charge is 0.266 e. The number of aromatic nitrogens is 2. The van der Waals surface area contributed by atoms with E-state index in [1.165, 1.54) is 0 Å². The van der Waals surface area contributed by atoms with E-state index in [9.17, 15) is 4.79 Å². The number of anilines is 1. The molecule has 0 atom stereocenters. The van der Waals surface area contributed by atoms with E-state index in [1.54, 1.807) is 13.3 Å². The molecule has 3 rings (SSSR count). The molecule has 0 saturated carbocycles. The first kappa shape index (κ1) is 15.6. The molecule has 5 heteroatoms. The van der Waals surface area contributed by atoms with Gasteiger partial charge < -0.3 is 14.6 Å². The summed E-state index contributed by atoms with van der Waals surface area (Å²) in [5, 5.41) is 0.950. The Bertz CT molecular complexity index is 840. The molecule has 3 heterocycles. The molecule has 0 unspecified atom stereocenters. The Balaban J connectivity index is 2.14. The summed E-state index contributed by atoms with van der Waals surface area (Å²) in [4.78, 5) is 21.6.